The average molecular weight is 424 g/mol. The largest absolute Gasteiger partial charge is 0.482 e. The van der Waals surface area contributed by atoms with E-state index in [1.807, 2.05) is 24.3 Å². The van der Waals surface area contributed by atoms with Gasteiger partial charge in [0.05, 0.1) is 9.95 Å². The highest BCUT2D eigenvalue weighted by atomic mass is 35.5. The molecule has 3 rings (SSSR count). The second-order valence-corrected chi connectivity index (χ2v) is 7.29. The summed E-state index contributed by atoms with van der Waals surface area (Å²) in [5.74, 6) is 0.108. The molecule has 1 heterocycles. The van der Waals surface area contributed by atoms with Crippen molar-refractivity contribution in [3.63, 3.8) is 0 Å². The van der Waals surface area contributed by atoms with Gasteiger partial charge in [-0.3, -0.25) is 19.8 Å². The Kier molecular flexibility index (Phi) is 6.72. The van der Waals surface area contributed by atoms with Gasteiger partial charge in [0.25, 0.3) is 11.6 Å². The second kappa shape index (κ2) is 9.23. The molecule has 1 fully saturated rings. The predicted octanol–water partition coefficient (Wildman–Crippen LogP) is 3.62. The number of halogens is 2. The SMILES string of the molecule is O=C(COc1ccc([N+](=O)[O-])cc1Cl)N1CCN(Cc2cccc(Cl)c2)CC1. The van der Waals surface area contributed by atoms with Gasteiger partial charge in [-0.15, -0.1) is 0 Å². The lowest BCUT2D eigenvalue weighted by atomic mass is 10.2. The summed E-state index contributed by atoms with van der Waals surface area (Å²) >= 11 is 12.0. The Bertz CT molecular complexity index is 870. The molecule has 148 valence electrons. The molecule has 9 heteroatoms. The maximum Gasteiger partial charge on any atom is 0.271 e. The monoisotopic (exact) mass is 423 g/mol. The Morgan fingerprint density at radius 3 is 2.50 bits per heavy atom. The van der Waals surface area contributed by atoms with Crippen LogP contribution in [0.1, 0.15) is 5.56 Å². The minimum Gasteiger partial charge on any atom is -0.482 e. The highest BCUT2D eigenvalue weighted by molar-refractivity contribution is 6.32. The Labute approximate surface area is 172 Å². The predicted molar refractivity (Wildman–Crippen MR) is 107 cm³/mol. The summed E-state index contributed by atoms with van der Waals surface area (Å²) < 4.78 is 5.45. The quantitative estimate of drug-likeness (QED) is 0.523. The van der Waals surface area contributed by atoms with Crippen molar-refractivity contribution in [3.8, 4) is 5.75 Å². The molecule has 0 N–H and O–H groups in total. The van der Waals surface area contributed by atoms with E-state index in [0.717, 1.165) is 25.2 Å². The van der Waals surface area contributed by atoms with Gasteiger partial charge < -0.3 is 9.64 Å². The Morgan fingerprint density at radius 1 is 1.11 bits per heavy atom. The van der Waals surface area contributed by atoms with Crippen LogP contribution >= 0.6 is 23.2 Å². The van der Waals surface area contributed by atoms with Crippen LogP contribution in [-0.4, -0.2) is 53.4 Å². The highest BCUT2D eigenvalue weighted by Crippen LogP contribution is 2.28. The molecule has 0 bridgehead atoms. The van der Waals surface area contributed by atoms with Crippen molar-refractivity contribution in [2.24, 2.45) is 0 Å². The first-order chi connectivity index (χ1) is 13.4. The fourth-order valence-electron chi connectivity index (χ4n) is 3.00. The molecule has 2 aromatic carbocycles. The fourth-order valence-corrected chi connectivity index (χ4v) is 3.44. The number of nitro benzene ring substituents is 1. The normalized spacial score (nSPS) is 14.7. The molecule has 7 nitrogen and oxygen atoms in total. The van der Waals surface area contributed by atoms with Gasteiger partial charge in [0.15, 0.2) is 6.61 Å². The van der Waals surface area contributed by atoms with E-state index < -0.39 is 4.92 Å². The molecule has 0 atom stereocenters. The standard InChI is InChI=1S/C19H19Cl2N3O4/c20-15-3-1-2-14(10-15)12-22-6-8-23(9-7-22)19(25)13-28-18-5-4-16(24(26)27)11-17(18)21/h1-5,10-11H,6-9,12-13H2. The molecule has 1 saturated heterocycles. The number of nitro groups is 1. The molecular weight excluding hydrogens is 405 g/mol. The summed E-state index contributed by atoms with van der Waals surface area (Å²) in [5.41, 5.74) is 1.02. The number of hydrogen-bond donors (Lipinski definition) is 0. The molecule has 0 radical (unpaired) electrons. The lowest BCUT2D eigenvalue weighted by Crippen LogP contribution is -2.49. The molecule has 0 aromatic heterocycles. The molecule has 2 aromatic rings. The van der Waals surface area contributed by atoms with Gasteiger partial charge in [-0.2, -0.15) is 0 Å². The van der Waals surface area contributed by atoms with Crippen molar-refractivity contribution < 1.29 is 14.5 Å². The number of hydrogen-bond acceptors (Lipinski definition) is 5. The van der Waals surface area contributed by atoms with Crippen LogP contribution in [0.25, 0.3) is 0 Å². The van der Waals surface area contributed by atoms with E-state index in [0.29, 0.717) is 18.1 Å². The van der Waals surface area contributed by atoms with E-state index in [2.05, 4.69) is 4.90 Å². The van der Waals surface area contributed by atoms with Crippen LogP contribution in [0.3, 0.4) is 0 Å². The van der Waals surface area contributed by atoms with Gasteiger partial charge in [0.2, 0.25) is 0 Å². The van der Waals surface area contributed by atoms with Crippen LogP contribution in [0.2, 0.25) is 10.0 Å². The molecule has 0 saturated carbocycles. The zero-order valence-corrected chi connectivity index (χ0v) is 16.5. The van der Waals surface area contributed by atoms with E-state index >= 15 is 0 Å². The summed E-state index contributed by atoms with van der Waals surface area (Å²) in [6.07, 6.45) is 0. The van der Waals surface area contributed by atoms with Crippen molar-refractivity contribution in [2.45, 2.75) is 6.54 Å². The molecule has 0 unspecified atom stereocenters. The van der Waals surface area contributed by atoms with Gasteiger partial charge in [0, 0.05) is 49.9 Å². The zero-order valence-electron chi connectivity index (χ0n) is 15.0. The van der Waals surface area contributed by atoms with Crippen molar-refractivity contribution in [2.75, 3.05) is 32.8 Å². The molecule has 1 amide bonds. The number of nitrogens with zero attached hydrogens (tertiary/aromatic N) is 3. The third-order valence-electron chi connectivity index (χ3n) is 4.50. The lowest BCUT2D eigenvalue weighted by molar-refractivity contribution is -0.384. The Morgan fingerprint density at radius 2 is 1.86 bits per heavy atom. The molecular formula is C19H19Cl2N3O4. The number of carbonyl (C=O) groups excluding carboxylic acids is 1. The summed E-state index contributed by atoms with van der Waals surface area (Å²) in [7, 11) is 0. The van der Waals surface area contributed by atoms with Gasteiger partial charge in [-0.25, -0.2) is 0 Å². The van der Waals surface area contributed by atoms with Crippen LogP contribution < -0.4 is 4.74 Å². The van der Waals surface area contributed by atoms with E-state index in [1.165, 1.54) is 18.2 Å². The number of rotatable bonds is 6. The number of piperazine rings is 1. The highest BCUT2D eigenvalue weighted by Gasteiger charge is 2.22. The smallest absolute Gasteiger partial charge is 0.271 e. The number of benzene rings is 2. The van der Waals surface area contributed by atoms with Crippen molar-refractivity contribution in [1.82, 2.24) is 9.80 Å². The van der Waals surface area contributed by atoms with Crippen LogP contribution in [0.15, 0.2) is 42.5 Å². The molecule has 0 aliphatic carbocycles. The fraction of sp³-hybridized carbons (Fsp3) is 0.316. The van der Waals surface area contributed by atoms with Crippen LogP contribution in [0.4, 0.5) is 5.69 Å². The summed E-state index contributed by atoms with van der Waals surface area (Å²) in [4.78, 5) is 26.6. The average Bonchev–Trinajstić information content (AvgIpc) is 2.67. The third-order valence-corrected chi connectivity index (χ3v) is 5.03. The molecule has 28 heavy (non-hydrogen) atoms. The minimum atomic E-state index is -0.538. The Balaban J connectivity index is 1.47. The maximum absolute atomic E-state index is 12.4. The molecule has 0 spiro atoms. The van der Waals surface area contributed by atoms with Crippen LogP contribution in [-0.2, 0) is 11.3 Å². The summed E-state index contributed by atoms with van der Waals surface area (Å²) in [6.45, 7) is 3.36. The Hall–Kier alpha value is -2.35. The van der Waals surface area contributed by atoms with Crippen molar-refractivity contribution in [3.05, 3.63) is 68.2 Å². The zero-order chi connectivity index (χ0) is 20.1. The number of amides is 1. The van der Waals surface area contributed by atoms with Gasteiger partial charge >= 0.3 is 0 Å². The molecule has 1 aliphatic rings. The second-order valence-electron chi connectivity index (χ2n) is 6.45. The maximum atomic E-state index is 12.4. The van der Waals surface area contributed by atoms with E-state index in [1.54, 1.807) is 4.90 Å². The van der Waals surface area contributed by atoms with Gasteiger partial charge in [0.1, 0.15) is 5.75 Å². The summed E-state index contributed by atoms with van der Waals surface area (Å²) in [6, 6.07) is 11.6. The number of non-ortho nitro benzene ring substituents is 1. The third kappa shape index (κ3) is 5.34. The van der Waals surface area contributed by atoms with E-state index in [9.17, 15) is 14.9 Å². The first-order valence-electron chi connectivity index (χ1n) is 8.73. The van der Waals surface area contributed by atoms with Gasteiger partial charge in [-0.05, 0) is 23.8 Å². The number of ether oxygens (including phenoxy) is 1. The first kappa shape index (κ1) is 20.4. The lowest BCUT2D eigenvalue weighted by Gasteiger charge is -2.34. The van der Waals surface area contributed by atoms with E-state index in [4.69, 9.17) is 27.9 Å². The summed E-state index contributed by atoms with van der Waals surface area (Å²) in [5, 5.41) is 11.6. The van der Waals surface area contributed by atoms with Crippen molar-refractivity contribution in [1.29, 1.82) is 0 Å². The van der Waals surface area contributed by atoms with Crippen LogP contribution in [0, 0.1) is 10.1 Å². The van der Waals surface area contributed by atoms with Crippen LogP contribution in [0.5, 0.6) is 5.75 Å². The number of carbonyl (C=O) groups is 1. The topological polar surface area (TPSA) is 75.9 Å². The van der Waals surface area contributed by atoms with Gasteiger partial charge in [-0.1, -0.05) is 35.3 Å². The minimum absolute atomic E-state index is 0.105. The molecule has 1 aliphatic heterocycles. The van der Waals surface area contributed by atoms with Crippen molar-refractivity contribution >= 4 is 34.8 Å². The van der Waals surface area contributed by atoms with E-state index in [-0.39, 0.29) is 29.0 Å². The first-order valence-corrected chi connectivity index (χ1v) is 9.49.